The summed E-state index contributed by atoms with van der Waals surface area (Å²) in [7, 11) is 0. The van der Waals surface area contributed by atoms with Gasteiger partial charge in [-0.2, -0.15) is 0 Å². The Kier molecular flexibility index (Phi) is 9.74. The molecule has 2 fully saturated rings. The van der Waals surface area contributed by atoms with Gasteiger partial charge >= 0.3 is 0 Å². The van der Waals surface area contributed by atoms with Crippen molar-refractivity contribution in [2.24, 2.45) is 4.99 Å². The van der Waals surface area contributed by atoms with Crippen molar-refractivity contribution in [2.75, 3.05) is 50.7 Å². The summed E-state index contributed by atoms with van der Waals surface area (Å²) < 4.78 is 0. The fourth-order valence-electron chi connectivity index (χ4n) is 4.41. The number of hydrogen-bond acceptors (Lipinski definition) is 4. The molecule has 0 amide bonds. The Balaban J connectivity index is 1.33. The minimum Gasteiger partial charge on any atom is -0.357 e. The molecular formula is C24H42N6. The van der Waals surface area contributed by atoms with E-state index in [1.54, 1.807) is 0 Å². The van der Waals surface area contributed by atoms with Gasteiger partial charge in [0, 0.05) is 38.4 Å². The summed E-state index contributed by atoms with van der Waals surface area (Å²) in [5, 5.41) is 7.09. The highest BCUT2D eigenvalue weighted by atomic mass is 15.2. The molecule has 2 saturated heterocycles. The summed E-state index contributed by atoms with van der Waals surface area (Å²) >= 11 is 0. The number of rotatable bonds is 9. The Hall–Kier alpha value is -1.82. The summed E-state index contributed by atoms with van der Waals surface area (Å²) in [6.07, 6.45) is 12.2. The van der Waals surface area contributed by atoms with Gasteiger partial charge < -0.3 is 20.4 Å². The van der Waals surface area contributed by atoms with Crippen LogP contribution < -0.4 is 15.5 Å². The summed E-state index contributed by atoms with van der Waals surface area (Å²) in [6, 6.07) is 4.78. The third-order valence-electron chi connectivity index (χ3n) is 6.25. The highest BCUT2D eigenvalue weighted by Gasteiger charge is 2.20. The van der Waals surface area contributed by atoms with Crippen molar-refractivity contribution in [3.05, 3.63) is 23.9 Å². The molecule has 0 radical (unpaired) electrons. The van der Waals surface area contributed by atoms with Crippen molar-refractivity contribution in [3.63, 3.8) is 0 Å². The van der Waals surface area contributed by atoms with E-state index in [2.05, 4.69) is 51.4 Å². The van der Waals surface area contributed by atoms with Gasteiger partial charge in [-0.1, -0.05) is 18.9 Å². The zero-order valence-electron chi connectivity index (χ0n) is 19.2. The fraction of sp³-hybridized carbons (Fsp3) is 0.750. The first-order valence-corrected chi connectivity index (χ1v) is 12.2. The standard InChI is InChI=1S/C24H42N6/c1-3-25-24(26-14-6-4-7-15-29-16-8-5-9-17-29)28-22-12-18-30(19-13-22)23-11-10-21(2)20-27-23/h10-11,20,22H,3-9,12-19H2,1-2H3,(H2,25,26,28). The molecule has 6 heteroatoms. The van der Waals surface area contributed by atoms with Gasteiger partial charge in [0.05, 0.1) is 0 Å². The molecule has 168 valence electrons. The first-order chi connectivity index (χ1) is 14.7. The van der Waals surface area contributed by atoms with E-state index in [0.29, 0.717) is 6.04 Å². The van der Waals surface area contributed by atoms with Crippen LogP contribution >= 0.6 is 0 Å². The molecule has 0 aliphatic carbocycles. The molecule has 0 spiro atoms. The number of nitrogens with zero attached hydrogens (tertiary/aromatic N) is 4. The van der Waals surface area contributed by atoms with Crippen molar-refractivity contribution >= 4 is 11.8 Å². The normalized spacial score (nSPS) is 19.1. The molecule has 2 aliphatic heterocycles. The second-order valence-electron chi connectivity index (χ2n) is 8.82. The maximum atomic E-state index is 4.83. The maximum absolute atomic E-state index is 4.83. The van der Waals surface area contributed by atoms with Crippen LogP contribution in [0.25, 0.3) is 0 Å². The number of guanidine groups is 1. The molecule has 1 aromatic heterocycles. The molecule has 0 atom stereocenters. The average Bonchev–Trinajstić information content (AvgIpc) is 2.78. The van der Waals surface area contributed by atoms with Crippen LogP contribution in [0.5, 0.6) is 0 Å². The van der Waals surface area contributed by atoms with Crippen molar-refractivity contribution in [3.8, 4) is 0 Å². The third-order valence-corrected chi connectivity index (χ3v) is 6.25. The van der Waals surface area contributed by atoms with Crippen LogP contribution in [-0.2, 0) is 0 Å². The van der Waals surface area contributed by atoms with Gasteiger partial charge in [-0.15, -0.1) is 0 Å². The summed E-state index contributed by atoms with van der Waals surface area (Å²) in [6.45, 7) is 12.0. The predicted octanol–water partition coefficient (Wildman–Crippen LogP) is 3.57. The molecule has 1 aromatic rings. The second-order valence-corrected chi connectivity index (χ2v) is 8.82. The molecule has 0 unspecified atom stereocenters. The Morgan fingerprint density at radius 1 is 1.07 bits per heavy atom. The van der Waals surface area contributed by atoms with E-state index in [1.807, 2.05) is 6.20 Å². The van der Waals surface area contributed by atoms with Gasteiger partial charge in [0.25, 0.3) is 0 Å². The molecule has 0 aromatic carbocycles. The van der Waals surface area contributed by atoms with Crippen molar-refractivity contribution in [2.45, 2.75) is 71.3 Å². The first kappa shape index (κ1) is 22.9. The average molecular weight is 415 g/mol. The van der Waals surface area contributed by atoms with Crippen molar-refractivity contribution in [1.82, 2.24) is 20.5 Å². The van der Waals surface area contributed by atoms with Gasteiger partial charge in [0.2, 0.25) is 0 Å². The smallest absolute Gasteiger partial charge is 0.191 e. The Bertz CT molecular complexity index is 615. The maximum Gasteiger partial charge on any atom is 0.191 e. The number of aryl methyl sites for hydroxylation is 1. The van der Waals surface area contributed by atoms with E-state index < -0.39 is 0 Å². The van der Waals surface area contributed by atoms with E-state index in [0.717, 1.165) is 50.8 Å². The molecule has 0 saturated carbocycles. The van der Waals surface area contributed by atoms with Gasteiger partial charge in [-0.25, -0.2) is 4.98 Å². The predicted molar refractivity (Wildman–Crippen MR) is 127 cm³/mol. The van der Waals surface area contributed by atoms with Crippen LogP contribution in [-0.4, -0.2) is 67.7 Å². The number of anilines is 1. The number of pyridine rings is 1. The lowest BCUT2D eigenvalue weighted by Gasteiger charge is -2.33. The van der Waals surface area contributed by atoms with E-state index in [-0.39, 0.29) is 0 Å². The summed E-state index contributed by atoms with van der Waals surface area (Å²) in [4.78, 5) is 14.4. The van der Waals surface area contributed by atoms with E-state index in [1.165, 1.54) is 63.7 Å². The van der Waals surface area contributed by atoms with Gasteiger partial charge in [-0.3, -0.25) is 4.99 Å². The van der Waals surface area contributed by atoms with Crippen LogP contribution in [0.2, 0.25) is 0 Å². The van der Waals surface area contributed by atoms with E-state index >= 15 is 0 Å². The third kappa shape index (κ3) is 7.78. The number of hydrogen-bond donors (Lipinski definition) is 2. The lowest BCUT2D eigenvalue weighted by molar-refractivity contribution is 0.224. The zero-order valence-corrected chi connectivity index (χ0v) is 19.2. The Morgan fingerprint density at radius 2 is 1.87 bits per heavy atom. The minimum absolute atomic E-state index is 0.489. The number of aliphatic imine (C=N–C) groups is 1. The van der Waals surface area contributed by atoms with Crippen LogP contribution in [0.4, 0.5) is 5.82 Å². The van der Waals surface area contributed by atoms with Crippen molar-refractivity contribution in [1.29, 1.82) is 0 Å². The molecule has 3 heterocycles. The van der Waals surface area contributed by atoms with Gasteiger partial charge in [0.15, 0.2) is 5.96 Å². The van der Waals surface area contributed by atoms with Crippen LogP contribution in [0, 0.1) is 6.92 Å². The quantitative estimate of drug-likeness (QED) is 0.368. The van der Waals surface area contributed by atoms with E-state index in [4.69, 9.17) is 4.99 Å². The molecule has 3 rings (SSSR count). The highest BCUT2D eigenvalue weighted by Crippen LogP contribution is 2.18. The fourth-order valence-corrected chi connectivity index (χ4v) is 4.41. The largest absolute Gasteiger partial charge is 0.357 e. The number of likely N-dealkylation sites (tertiary alicyclic amines) is 1. The Morgan fingerprint density at radius 3 is 2.57 bits per heavy atom. The number of unbranched alkanes of at least 4 members (excludes halogenated alkanes) is 2. The molecule has 2 N–H and O–H groups in total. The second kappa shape index (κ2) is 12.8. The topological polar surface area (TPSA) is 55.8 Å². The number of nitrogens with one attached hydrogen (secondary N) is 2. The number of piperidine rings is 2. The summed E-state index contributed by atoms with van der Waals surface area (Å²) in [5.74, 6) is 2.09. The molecular weight excluding hydrogens is 372 g/mol. The lowest BCUT2D eigenvalue weighted by Crippen LogP contribution is -2.49. The minimum atomic E-state index is 0.489. The van der Waals surface area contributed by atoms with Crippen molar-refractivity contribution < 1.29 is 0 Å². The van der Waals surface area contributed by atoms with Crippen LogP contribution in [0.1, 0.15) is 63.9 Å². The summed E-state index contributed by atoms with van der Waals surface area (Å²) in [5.41, 5.74) is 1.22. The van der Waals surface area contributed by atoms with Crippen LogP contribution in [0.15, 0.2) is 23.3 Å². The zero-order chi connectivity index (χ0) is 21.0. The monoisotopic (exact) mass is 414 g/mol. The molecule has 0 bridgehead atoms. The Labute approximate surface area is 183 Å². The van der Waals surface area contributed by atoms with Crippen LogP contribution in [0.3, 0.4) is 0 Å². The SMILES string of the molecule is CCNC(=NCCCCCN1CCCCC1)NC1CCN(c2ccc(C)cn2)CC1. The van der Waals surface area contributed by atoms with E-state index in [9.17, 15) is 0 Å². The highest BCUT2D eigenvalue weighted by molar-refractivity contribution is 5.80. The first-order valence-electron chi connectivity index (χ1n) is 12.2. The lowest BCUT2D eigenvalue weighted by atomic mass is 10.1. The molecule has 30 heavy (non-hydrogen) atoms. The molecule has 6 nitrogen and oxygen atoms in total. The molecule has 2 aliphatic rings. The number of aromatic nitrogens is 1. The van der Waals surface area contributed by atoms with Gasteiger partial charge in [0.1, 0.15) is 5.82 Å². The van der Waals surface area contributed by atoms with Gasteiger partial charge in [-0.05, 0) is 83.6 Å².